The van der Waals surface area contributed by atoms with Crippen molar-refractivity contribution in [2.45, 2.75) is 13.3 Å². The lowest BCUT2D eigenvalue weighted by Gasteiger charge is -1.79. The third-order valence-electron chi connectivity index (χ3n) is 0.492. The fraction of sp³-hybridized carbons (Fsp3) is 0.400. The minimum absolute atomic E-state index is 0.434. The predicted octanol–water partition coefficient (Wildman–Crippen LogP) is 0.804. The highest BCUT2D eigenvalue weighted by Gasteiger charge is 1.77. The first-order valence-corrected chi connectivity index (χ1v) is 2.00. The van der Waals surface area contributed by atoms with E-state index in [1.54, 1.807) is 12.9 Å². The Labute approximate surface area is 42.4 Å². The lowest BCUT2D eigenvalue weighted by Crippen LogP contribution is -1.81. The molecule has 0 aromatic rings. The first kappa shape index (κ1) is 6.12. The molecule has 0 radical (unpaired) electrons. The Morgan fingerprint density at radius 1 is 2.00 bits per heavy atom. The van der Waals surface area contributed by atoms with E-state index in [2.05, 4.69) is 0 Å². The average Bonchev–Trinajstić information content (AvgIpc) is 1.61. The van der Waals surface area contributed by atoms with Gasteiger partial charge in [-0.05, 0) is 6.92 Å². The molecule has 0 fully saturated rings. The van der Waals surface area contributed by atoms with Crippen LogP contribution in [0.1, 0.15) is 13.3 Å². The molecule has 0 saturated heterocycles. The Bertz CT molecular complexity index is 111. The summed E-state index contributed by atoms with van der Waals surface area (Å²) in [7, 11) is 0. The van der Waals surface area contributed by atoms with Gasteiger partial charge in [0.25, 0.3) is 0 Å². The number of hydrogen-bond acceptors (Lipinski definition) is 2. The highest BCUT2D eigenvalue weighted by Crippen LogP contribution is 1.77. The normalized spacial score (nSPS) is 7.00. The minimum Gasteiger partial charge on any atom is -0.310 e. The van der Waals surface area contributed by atoms with Crippen LogP contribution in [0.2, 0.25) is 0 Å². The van der Waals surface area contributed by atoms with Crippen LogP contribution >= 0.6 is 0 Å². The summed E-state index contributed by atoms with van der Waals surface area (Å²) >= 11 is 0. The van der Waals surface area contributed by atoms with Gasteiger partial charge in [-0.2, -0.15) is 0 Å². The van der Waals surface area contributed by atoms with Crippen molar-refractivity contribution in [1.82, 2.24) is 0 Å². The van der Waals surface area contributed by atoms with E-state index < -0.39 is 0 Å². The molecule has 0 unspecified atom stereocenters. The highest BCUT2D eigenvalue weighted by atomic mass is 16.1. The molecule has 0 spiro atoms. The molecule has 0 aliphatic heterocycles. The van der Waals surface area contributed by atoms with Gasteiger partial charge < -0.3 is 5.41 Å². The Hall–Kier alpha value is -0.880. The van der Waals surface area contributed by atoms with Crippen LogP contribution in [-0.2, 0) is 4.79 Å². The second kappa shape index (κ2) is 3.32. The Balaban J connectivity index is 3.32. The van der Waals surface area contributed by atoms with Crippen LogP contribution < -0.4 is 0 Å². The van der Waals surface area contributed by atoms with Crippen molar-refractivity contribution in [2.24, 2.45) is 0 Å². The van der Waals surface area contributed by atoms with Crippen molar-refractivity contribution in [3.8, 4) is 0 Å². The molecule has 7 heavy (non-hydrogen) atoms. The van der Waals surface area contributed by atoms with E-state index in [4.69, 9.17) is 5.41 Å². The largest absolute Gasteiger partial charge is 0.310 e. The van der Waals surface area contributed by atoms with E-state index in [-0.39, 0.29) is 0 Å². The van der Waals surface area contributed by atoms with Crippen LogP contribution in [0.25, 0.3) is 0 Å². The van der Waals surface area contributed by atoms with Crippen molar-refractivity contribution < 1.29 is 4.79 Å². The van der Waals surface area contributed by atoms with Crippen LogP contribution in [0, 0.1) is 5.41 Å². The molecular weight excluding hydrogens is 90.1 g/mol. The number of allylic oxidation sites excluding steroid dienone is 1. The SMILES string of the molecule is CC(=N)CC=C=O. The summed E-state index contributed by atoms with van der Waals surface area (Å²) in [6, 6.07) is 0. The van der Waals surface area contributed by atoms with Gasteiger partial charge in [0.05, 0.1) is 0 Å². The number of rotatable bonds is 2. The maximum Gasteiger partial charge on any atom is 0.120 e. The van der Waals surface area contributed by atoms with Gasteiger partial charge in [-0.1, -0.05) is 0 Å². The third kappa shape index (κ3) is 5.12. The maximum atomic E-state index is 9.43. The molecule has 38 valence electrons. The first-order chi connectivity index (χ1) is 3.27. The van der Waals surface area contributed by atoms with Crippen molar-refractivity contribution in [3.05, 3.63) is 6.08 Å². The number of nitrogens with one attached hydrogen (secondary N) is 1. The molecule has 1 N–H and O–H groups in total. The van der Waals surface area contributed by atoms with Crippen molar-refractivity contribution in [3.63, 3.8) is 0 Å². The molecule has 0 amide bonds. The zero-order valence-corrected chi connectivity index (χ0v) is 4.19. The van der Waals surface area contributed by atoms with E-state index >= 15 is 0 Å². The number of carbonyl (C=O) groups excluding carboxylic acids is 1. The Morgan fingerprint density at radius 2 is 2.57 bits per heavy atom. The summed E-state index contributed by atoms with van der Waals surface area (Å²) in [4.78, 5) is 9.43. The predicted molar refractivity (Wildman–Crippen MR) is 28.3 cm³/mol. The lowest BCUT2D eigenvalue weighted by molar-refractivity contribution is 0.568. The monoisotopic (exact) mass is 97.1 g/mol. The molecule has 2 heteroatoms. The maximum absolute atomic E-state index is 9.43. The van der Waals surface area contributed by atoms with Crippen LogP contribution in [0.5, 0.6) is 0 Å². The van der Waals surface area contributed by atoms with Crippen LogP contribution in [0.4, 0.5) is 0 Å². The van der Waals surface area contributed by atoms with Gasteiger partial charge in [-0.25, -0.2) is 4.79 Å². The van der Waals surface area contributed by atoms with E-state index in [0.717, 1.165) is 0 Å². The van der Waals surface area contributed by atoms with Crippen molar-refractivity contribution in [1.29, 1.82) is 5.41 Å². The first-order valence-electron chi connectivity index (χ1n) is 2.00. The molecule has 0 atom stereocenters. The third-order valence-corrected chi connectivity index (χ3v) is 0.492. The van der Waals surface area contributed by atoms with E-state index in [0.29, 0.717) is 12.1 Å². The lowest BCUT2D eigenvalue weighted by atomic mass is 10.3. The molecule has 2 nitrogen and oxygen atoms in total. The quantitative estimate of drug-likeness (QED) is 0.402. The molecule has 0 saturated carbocycles. The minimum atomic E-state index is 0.434. The second-order valence-corrected chi connectivity index (χ2v) is 1.31. The second-order valence-electron chi connectivity index (χ2n) is 1.31. The molecule has 0 aliphatic rings. The van der Waals surface area contributed by atoms with Crippen LogP contribution in [0.3, 0.4) is 0 Å². The molecule has 0 rings (SSSR count). The molecule has 0 bridgehead atoms. The molecule has 0 aliphatic carbocycles. The smallest absolute Gasteiger partial charge is 0.120 e. The standard InChI is InChI=1S/C5H7NO/c1-5(6)3-2-4-7/h2,6H,3H2,1H3. The van der Waals surface area contributed by atoms with Gasteiger partial charge in [0.15, 0.2) is 0 Å². The average molecular weight is 97.1 g/mol. The van der Waals surface area contributed by atoms with Gasteiger partial charge in [-0.3, -0.25) is 0 Å². The van der Waals surface area contributed by atoms with Crippen LogP contribution in [-0.4, -0.2) is 11.7 Å². The number of hydrogen-bond donors (Lipinski definition) is 1. The van der Waals surface area contributed by atoms with Gasteiger partial charge in [0.2, 0.25) is 0 Å². The molecule has 0 aromatic heterocycles. The van der Waals surface area contributed by atoms with E-state index in [1.807, 2.05) is 0 Å². The van der Waals surface area contributed by atoms with E-state index in [1.165, 1.54) is 6.08 Å². The summed E-state index contributed by atoms with van der Waals surface area (Å²) in [5.74, 6) is 1.58. The van der Waals surface area contributed by atoms with Gasteiger partial charge in [0.1, 0.15) is 5.94 Å². The highest BCUT2D eigenvalue weighted by molar-refractivity contribution is 5.81. The summed E-state index contributed by atoms with van der Waals surface area (Å²) in [5, 5.41) is 6.79. The Morgan fingerprint density at radius 3 is 2.71 bits per heavy atom. The van der Waals surface area contributed by atoms with Gasteiger partial charge in [0, 0.05) is 18.2 Å². The topological polar surface area (TPSA) is 40.9 Å². The molecular formula is C5H7NO. The zero-order chi connectivity index (χ0) is 5.70. The molecule has 0 heterocycles. The van der Waals surface area contributed by atoms with E-state index in [9.17, 15) is 4.79 Å². The fourth-order valence-electron chi connectivity index (χ4n) is 0.195. The fourth-order valence-corrected chi connectivity index (χ4v) is 0.195. The summed E-state index contributed by atoms with van der Waals surface area (Å²) < 4.78 is 0. The van der Waals surface area contributed by atoms with Gasteiger partial charge >= 0.3 is 0 Å². The van der Waals surface area contributed by atoms with Gasteiger partial charge in [-0.15, -0.1) is 0 Å². The van der Waals surface area contributed by atoms with Crippen molar-refractivity contribution >= 4 is 11.7 Å². The zero-order valence-electron chi connectivity index (χ0n) is 4.19. The summed E-state index contributed by atoms with van der Waals surface area (Å²) in [6.07, 6.45) is 1.73. The summed E-state index contributed by atoms with van der Waals surface area (Å²) in [5.41, 5.74) is 0.489. The van der Waals surface area contributed by atoms with Crippen molar-refractivity contribution in [2.75, 3.05) is 0 Å². The molecule has 0 aromatic carbocycles. The van der Waals surface area contributed by atoms with Crippen LogP contribution in [0.15, 0.2) is 6.08 Å². The Kier molecular flexibility index (Phi) is 2.90. The summed E-state index contributed by atoms with van der Waals surface area (Å²) in [6.45, 7) is 1.65.